The molecule has 0 saturated carbocycles. The van der Waals surface area contributed by atoms with E-state index in [0.29, 0.717) is 25.0 Å². The Morgan fingerprint density at radius 2 is 0.721 bits per heavy atom. The van der Waals surface area contributed by atoms with Crippen LogP contribution in [0.2, 0.25) is 0 Å². The third-order valence-electron chi connectivity index (χ3n) is 14.9. The normalized spacial score (nSPS) is 29.0. The van der Waals surface area contributed by atoms with E-state index >= 15 is 0 Å². The summed E-state index contributed by atoms with van der Waals surface area (Å²) in [5.74, 6) is 5.70. The average molecular weight is 977 g/mol. The SMILES string of the molecule is CC(C)CCCC(C)CCCC(C)CCCC(C)CCOCC(COCCC(C)CCCC(C)CCCC(C)CCCC(C)C)O[C@@H]1O[C@H](CO)[C@@H](O[C@H]2O[C@H](CO)[C@@H](O)[C@H](O)[C@H]2O)[C@H](O)[C@H]1O. The summed E-state index contributed by atoms with van der Waals surface area (Å²) in [6.07, 6.45) is 9.01. The van der Waals surface area contributed by atoms with Crippen molar-refractivity contribution in [3.8, 4) is 0 Å². The third-order valence-corrected chi connectivity index (χ3v) is 14.9. The van der Waals surface area contributed by atoms with Crippen molar-refractivity contribution < 1.29 is 64.2 Å². The van der Waals surface area contributed by atoms with Crippen molar-refractivity contribution in [2.45, 2.75) is 265 Å². The van der Waals surface area contributed by atoms with E-state index < -0.39 is 80.7 Å². The first kappa shape index (κ1) is 63.6. The molecular weight excluding hydrogens is 869 g/mol. The standard InChI is InChI=1S/C55H108O13/c1-37(2)17-11-19-39(5)21-13-23-41(7)25-15-27-43(9)29-31-63-35-45(36-64-32-30-44(10)28-16-26-42(8)24-14-22-40(6)20-12-18-38(3)4)65-54-52(62)50(60)53(47(34-57)67-54)68-55-51(61)49(59)48(58)46(33-56)66-55/h37-62H,11-36H2,1-10H3/t39?,40?,41?,42?,43?,44?,45?,46-,47-,48-,49+,50-,51-,52-,53-,54-,55-/m1/s1. The fourth-order valence-corrected chi connectivity index (χ4v) is 9.86. The summed E-state index contributed by atoms with van der Waals surface area (Å²) in [5, 5.41) is 73.4. The molecule has 2 rings (SSSR count). The first-order valence-electron chi connectivity index (χ1n) is 27.8. The van der Waals surface area contributed by atoms with Crippen LogP contribution < -0.4 is 0 Å². The van der Waals surface area contributed by atoms with Crippen LogP contribution >= 0.6 is 0 Å². The van der Waals surface area contributed by atoms with Gasteiger partial charge in [-0.15, -0.1) is 0 Å². The Morgan fingerprint density at radius 1 is 0.382 bits per heavy atom. The Hall–Kier alpha value is -0.520. The second-order valence-corrected chi connectivity index (χ2v) is 23.0. The monoisotopic (exact) mass is 977 g/mol. The highest BCUT2D eigenvalue weighted by Gasteiger charge is 2.51. The van der Waals surface area contributed by atoms with Gasteiger partial charge in [-0.1, -0.05) is 185 Å². The van der Waals surface area contributed by atoms with Crippen LogP contribution in [0.5, 0.6) is 0 Å². The minimum absolute atomic E-state index is 0.168. The molecule has 0 aliphatic carbocycles. The number of ether oxygens (including phenoxy) is 6. The second kappa shape index (κ2) is 36.4. The number of hydrogen-bond donors (Lipinski definition) is 7. The molecule has 13 heteroatoms. The van der Waals surface area contributed by atoms with Crippen molar-refractivity contribution in [2.75, 3.05) is 39.6 Å². The lowest BCUT2D eigenvalue weighted by atomic mass is 9.91. The van der Waals surface area contributed by atoms with Gasteiger partial charge in [0.15, 0.2) is 12.6 Å². The number of aliphatic hydroxyl groups excluding tert-OH is 7. The molecule has 13 nitrogen and oxygen atoms in total. The average Bonchev–Trinajstić information content (AvgIpc) is 3.28. The van der Waals surface area contributed by atoms with Crippen LogP contribution in [-0.2, 0) is 28.4 Å². The summed E-state index contributed by atoms with van der Waals surface area (Å²) in [7, 11) is 0. The zero-order chi connectivity index (χ0) is 50.6. The number of hydrogen-bond acceptors (Lipinski definition) is 13. The molecule has 2 aliphatic heterocycles. The Labute approximate surface area is 415 Å². The van der Waals surface area contributed by atoms with Gasteiger partial charge in [0.05, 0.1) is 26.4 Å². The van der Waals surface area contributed by atoms with E-state index in [2.05, 4.69) is 69.2 Å². The van der Waals surface area contributed by atoms with Gasteiger partial charge in [0.2, 0.25) is 0 Å². The van der Waals surface area contributed by atoms with Gasteiger partial charge in [-0.25, -0.2) is 0 Å². The molecule has 2 saturated heterocycles. The van der Waals surface area contributed by atoms with Crippen molar-refractivity contribution in [3.63, 3.8) is 0 Å². The molecule has 0 spiro atoms. The van der Waals surface area contributed by atoms with Gasteiger partial charge in [-0.2, -0.15) is 0 Å². The maximum atomic E-state index is 11.3. The fourth-order valence-electron chi connectivity index (χ4n) is 9.86. The Bertz CT molecular complexity index is 1140. The lowest BCUT2D eigenvalue weighted by molar-refractivity contribution is -0.364. The molecule has 0 aromatic heterocycles. The molecule has 0 amide bonds. The van der Waals surface area contributed by atoms with Crippen molar-refractivity contribution in [1.82, 2.24) is 0 Å². The summed E-state index contributed by atoms with van der Waals surface area (Å²) in [6, 6.07) is 0. The predicted octanol–water partition coefficient (Wildman–Crippen LogP) is 8.96. The highest BCUT2D eigenvalue weighted by Crippen LogP contribution is 2.31. The first-order valence-corrected chi connectivity index (χ1v) is 27.8. The maximum Gasteiger partial charge on any atom is 0.187 e. The zero-order valence-corrected chi connectivity index (χ0v) is 44.9. The van der Waals surface area contributed by atoms with Crippen molar-refractivity contribution in [3.05, 3.63) is 0 Å². The maximum absolute atomic E-state index is 11.3. The highest BCUT2D eigenvalue weighted by atomic mass is 16.7. The molecule has 7 N–H and O–H groups in total. The molecule has 0 aromatic rings. The number of rotatable bonds is 40. The molecule has 2 fully saturated rings. The van der Waals surface area contributed by atoms with E-state index in [1.54, 1.807) is 0 Å². The van der Waals surface area contributed by atoms with Crippen LogP contribution in [0.3, 0.4) is 0 Å². The summed E-state index contributed by atoms with van der Waals surface area (Å²) >= 11 is 0. The van der Waals surface area contributed by atoms with E-state index in [4.69, 9.17) is 28.4 Å². The zero-order valence-electron chi connectivity index (χ0n) is 44.9. The van der Waals surface area contributed by atoms with Crippen molar-refractivity contribution in [2.24, 2.45) is 47.3 Å². The molecule has 16 atom stereocenters. The lowest BCUT2D eigenvalue weighted by Crippen LogP contribution is -2.65. The van der Waals surface area contributed by atoms with Crippen LogP contribution in [0.15, 0.2) is 0 Å². The van der Waals surface area contributed by atoms with Crippen molar-refractivity contribution in [1.29, 1.82) is 0 Å². The predicted molar refractivity (Wildman–Crippen MR) is 270 cm³/mol. The summed E-state index contributed by atoms with van der Waals surface area (Å²) in [4.78, 5) is 0. The van der Waals surface area contributed by atoms with Gasteiger partial charge < -0.3 is 64.2 Å². The molecular formula is C55H108O13. The molecule has 2 aliphatic rings. The van der Waals surface area contributed by atoms with Crippen LogP contribution in [0.25, 0.3) is 0 Å². The Morgan fingerprint density at radius 3 is 1.09 bits per heavy atom. The Kier molecular flexibility index (Phi) is 34.1. The molecule has 0 radical (unpaired) electrons. The summed E-state index contributed by atoms with van der Waals surface area (Å²) in [6.45, 7) is 23.5. The van der Waals surface area contributed by atoms with Gasteiger partial charge >= 0.3 is 0 Å². The lowest BCUT2D eigenvalue weighted by Gasteiger charge is -2.46. The van der Waals surface area contributed by atoms with E-state index in [1.807, 2.05) is 0 Å². The van der Waals surface area contributed by atoms with Crippen LogP contribution in [0, 0.1) is 47.3 Å². The van der Waals surface area contributed by atoms with Crippen LogP contribution in [-0.4, -0.2) is 143 Å². The minimum atomic E-state index is -1.75. The molecule has 68 heavy (non-hydrogen) atoms. The third kappa shape index (κ3) is 26.4. The summed E-state index contributed by atoms with van der Waals surface area (Å²) < 4.78 is 35.8. The molecule has 406 valence electrons. The molecule has 0 aromatic carbocycles. The van der Waals surface area contributed by atoms with E-state index in [9.17, 15) is 35.7 Å². The van der Waals surface area contributed by atoms with Crippen LogP contribution in [0.4, 0.5) is 0 Å². The molecule has 2 heterocycles. The van der Waals surface area contributed by atoms with Gasteiger partial charge in [0, 0.05) is 13.2 Å². The second-order valence-electron chi connectivity index (χ2n) is 23.0. The topological polar surface area (TPSA) is 197 Å². The first-order chi connectivity index (χ1) is 32.4. The van der Waals surface area contributed by atoms with E-state index in [0.717, 1.165) is 61.2 Å². The number of aliphatic hydroxyl groups is 7. The highest BCUT2D eigenvalue weighted by molar-refractivity contribution is 4.94. The van der Waals surface area contributed by atoms with Gasteiger partial charge in [-0.05, 0) is 60.2 Å². The van der Waals surface area contributed by atoms with Gasteiger partial charge in [-0.3, -0.25) is 0 Å². The quantitative estimate of drug-likeness (QED) is 0.0288. The molecule has 0 bridgehead atoms. The van der Waals surface area contributed by atoms with E-state index in [-0.39, 0.29) is 13.2 Å². The smallest absolute Gasteiger partial charge is 0.187 e. The Balaban J connectivity index is 1.88. The molecule has 6 unspecified atom stereocenters. The van der Waals surface area contributed by atoms with Gasteiger partial charge in [0.1, 0.15) is 54.9 Å². The van der Waals surface area contributed by atoms with E-state index in [1.165, 1.54) is 103 Å². The largest absolute Gasteiger partial charge is 0.394 e. The minimum Gasteiger partial charge on any atom is -0.394 e. The van der Waals surface area contributed by atoms with Crippen molar-refractivity contribution >= 4 is 0 Å². The van der Waals surface area contributed by atoms with Gasteiger partial charge in [0.25, 0.3) is 0 Å². The summed E-state index contributed by atoms with van der Waals surface area (Å²) in [5.41, 5.74) is 0. The van der Waals surface area contributed by atoms with Crippen LogP contribution in [0.1, 0.15) is 198 Å². The fraction of sp³-hybridized carbons (Fsp3) is 1.00.